The number of aliphatic imine (C=N–C) groups is 1. The number of allylic oxidation sites excluding steroid dienone is 4. The summed E-state index contributed by atoms with van der Waals surface area (Å²) in [6, 6.07) is 1.77. The van der Waals surface area contributed by atoms with Gasteiger partial charge in [-0.05, 0) is 45.4 Å². The van der Waals surface area contributed by atoms with Crippen molar-refractivity contribution in [2.45, 2.75) is 19.4 Å². The van der Waals surface area contributed by atoms with Crippen LogP contribution in [-0.2, 0) is 0 Å². The van der Waals surface area contributed by atoms with E-state index < -0.39 is 0 Å². The molecule has 1 aromatic rings. The number of hydrogen-bond acceptors (Lipinski definition) is 6. The van der Waals surface area contributed by atoms with E-state index in [1.807, 2.05) is 46.9 Å². The molecule has 1 fully saturated rings. The van der Waals surface area contributed by atoms with Crippen LogP contribution in [0.15, 0.2) is 58.3 Å². The van der Waals surface area contributed by atoms with Crippen molar-refractivity contribution in [2.24, 2.45) is 10.7 Å². The van der Waals surface area contributed by atoms with E-state index in [2.05, 4.69) is 35.8 Å². The number of carbonyl (C=O) groups is 1. The van der Waals surface area contributed by atoms with Crippen molar-refractivity contribution in [3.05, 3.63) is 58.8 Å². The van der Waals surface area contributed by atoms with E-state index in [0.717, 1.165) is 75.8 Å². The molecule has 0 bridgehead atoms. The van der Waals surface area contributed by atoms with Gasteiger partial charge >= 0.3 is 0 Å². The second-order valence-corrected chi connectivity index (χ2v) is 9.27. The number of nitrogens with one attached hydrogen (secondary N) is 1. The minimum atomic E-state index is -0.133. The summed E-state index contributed by atoms with van der Waals surface area (Å²) in [4.78, 5) is 23.9. The van der Waals surface area contributed by atoms with E-state index >= 15 is 0 Å². The maximum Gasteiger partial charge on any atom is 0.254 e. The molecule has 0 spiro atoms. The first-order valence-corrected chi connectivity index (χ1v) is 12.6. The predicted octanol–water partition coefficient (Wildman–Crippen LogP) is 2.46. The highest BCUT2D eigenvalue weighted by Crippen LogP contribution is 2.12. The van der Waals surface area contributed by atoms with Crippen molar-refractivity contribution in [1.29, 1.82) is 0 Å². The lowest BCUT2D eigenvalue weighted by molar-refractivity contribution is 0.0640. The molecule has 0 radical (unpaired) electrons. The van der Waals surface area contributed by atoms with E-state index in [1.54, 1.807) is 17.4 Å². The van der Waals surface area contributed by atoms with E-state index in [-0.39, 0.29) is 11.9 Å². The fraction of sp³-hybridized carbons (Fsp3) is 0.520. The molecule has 2 heterocycles. The summed E-state index contributed by atoms with van der Waals surface area (Å²) in [6.45, 7) is 12.4. The molecule has 1 aliphatic heterocycles. The second-order valence-electron chi connectivity index (χ2n) is 8.49. The summed E-state index contributed by atoms with van der Waals surface area (Å²) in [5.41, 5.74) is 8.05. The smallest absolute Gasteiger partial charge is 0.254 e. The minimum Gasteiger partial charge on any atom is -0.369 e. The Hall–Kier alpha value is -2.26. The molecule has 0 aliphatic carbocycles. The van der Waals surface area contributed by atoms with Gasteiger partial charge in [0.1, 0.15) is 5.84 Å². The molecule has 1 aromatic heterocycles. The highest BCUT2D eigenvalue weighted by atomic mass is 32.1. The molecule has 33 heavy (non-hydrogen) atoms. The molecule has 8 heteroatoms. The summed E-state index contributed by atoms with van der Waals surface area (Å²) < 4.78 is 0. The van der Waals surface area contributed by atoms with Gasteiger partial charge in [0, 0.05) is 62.8 Å². The molecule has 0 saturated carbocycles. The van der Waals surface area contributed by atoms with Gasteiger partial charge in [-0.2, -0.15) is 11.3 Å². The van der Waals surface area contributed by atoms with E-state index in [0.29, 0.717) is 0 Å². The molecule has 3 N–H and O–H groups in total. The number of carbonyl (C=O) groups excluding carboxylic acids is 1. The van der Waals surface area contributed by atoms with Gasteiger partial charge in [-0.15, -0.1) is 0 Å². The van der Waals surface area contributed by atoms with Gasteiger partial charge in [-0.3, -0.25) is 14.7 Å². The van der Waals surface area contributed by atoms with Crippen LogP contribution in [0.1, 0.15) is 23.7 Å². The lowest BCUT2D eigenvalue weighted by Crippen LogP contribution is -2.50. The third kappa shape index (κ3) is 9.63. The third-order valence-electron chi connectivity index (χ3n) is 5.47. The Kier molecular flexibility index (Phi) is 12.1. The number of piperazine rings is 1. The maximum atomic E-state index is 12.5. The van der Waals surface area contributed by atoms with Gasteiger partial charge in [0.05, 0.1) is 5.56 Å². The first-order valence-electron chi connectivity index (χ1n) is 11.6. The van der Waals surface area contributed by atoms with Crippen LogP contribution in [0.5, 0.6) is 0 Å². The Morgan fingerprint density at radius 3 is 2.70 bits per heavy atom. The van der Waals surface area contributed by atoms with Crippen molar-refractivity contribution in [2.75, 3.05) is 66.5 Å². The van der Waals surface area contributed by atoms with Gasteiger partial charge in [-0.25, -0.2) is 0 Å². The van der Waals surface area contributed by atoms with Crippen molar-refractivity contribution in [3.8, 4) is 0 Å². The first-order chi connectivity index (χ1) is 15.9. The third-order valence-corrected chi connectivity index (χ3v) is 6.15. The molecule has 2 rings (SSSR count). The number of hydrogen-bond donors (Lipinski definition) is 2. The number of amidine groups is 1. The summed E-state index contributed by atoms with van der Waals surface area (Å²) in [5.74, 6) is 1.00. The minimum absolute atomic E-state index is 0.133. The van der Waals surface area contributed by atoms with Crippen LogP contribution in [0.25, 0.3) is 0 Å². The summed E-state index contributed by atoms with van der Waals surface area (Å²) in [6.07, 6.45) is 8.60. The van der Waals surface area contributed by atoms with Crippen molar-refractivity contribution < 1.29 is 4.79 Å². The molecular formula is C25H40N6OS. The molecular weight excluding hydrogens is 432 g/mol. The zero-order valence-electron chi connectivity index (χ0n) is 20.4. The van der Waals surface area contributed by atoms with E-state index in [4.69, 9.17) is 10.7 Å². The molecule has 1 amide bonds. The highest BCUT2D eigenvalue weighted by molar-refractivity contribution is 7.08. The van der Waals surface area contributed by atoms with Crippen LogP contribution in [0.3, 0.4) is 0 Å². The van der Waals surface area contributed by atoms with Gasteiger partial charge in [0.2, 0.25) is 0 Å². The second kappa shape index (κ2) is 14.8. The van der Waals surface area contributed by atoms with Crippen LogP contribution in [-0.4, -0.2) is 98.9 Å². The molecule has 1 atom stereocenters. The van der Waals surface area contributed by atoms with E-state index in [9.17, 15) is 4.79 Å². The fourth-order valence-electron chi connectivity index (χ4n) is 3.59. The average molecular weight is 473 g/mol. The van der Waals surface area contributed by atoms with Crippen LogP contribution in [0.2, 0.25) is 0 Å². The highest BCUT2D eigenvalue weighted by Gasteiger charge is 2.22. The Bertz CT molecular complexity index is 805. The molecule has 7 nitrogen and oxygen atoms in total. The van der Waals surface area contributed by atoms with Crippen LogP contribution in [0, 0.1) is 0 Å². The van der Waals surface area contributed by atoms with Crippen molar-refractivity contribution >= 4 is 23.1 Å². The molecule has 1 aliphatic rings. The maximum absolute atomic E-state index is 12.5. The van der Waals surface area contributed by atoms with E-state index in [1.165, 1.54) is 0 Å². The quantitative estimate of drug-likeness (QED) is 0.212. The standard InChI is InChI=1S/C25H40N6OS/c1-5-6-7-9-23(21(2)26)24(27-11-8-13-29(3)4)28-12-14-30-15-17-31(18-16-30)25(32)22-10-19-33-20-22/h5-7,9-10,19-21H,1,8,11-18,26H2,2-4H3,(H,27,28)/b7-6-,23-9+. The summed E-state index contributed by atoms with van der Waals surface area (Å²) in [7, 11) is 4.15. The Morgan fingerprint density at radius 2 is 2.09 bits per heavy atom. The topological polar surface area (TPSA) is 77.2 Å². The first kappa shape index (κ1) is 27.0. The van der Waals surface area contributed by atoms with Crippen LogP contribution in [0.4, 0.5) is 0 Å². The summed E-state index contributed by atoms with van der Waals surface area (Å²) in [5, 5.41) is 7.40. The summed E-state index contributed by atoms with van der Waals surface area (Å²) >= 11 is 1.56. The lowest BCUT2D eigenvalue weighted by Gasteiger charge is -2.34. The Balaban J connectivity index is 1.90. The molecule has 1 saturated heterocycles. The van der Waals surface area contributed by atoms with Crippen LogP contribution < -0.4 is 11.1 Å². The Morgan fingerprint density at radius 1 is 1.33 bits per heavy atom. The lowest BCUT2D eigenvalue weighted by atomic mass is 10.1. The number of amides is 1. The van der Waals surface area contributed by atoms with Gasteiger partial charge in [0.25, 0.3) is 5.91 Å². The zero-order chi connectivity index (χ0) is 24.1. The van der Waals surface area contributed by atoms with Gasteiger partial charge < -0.3 is 20.9 Å². The number of nitrogens with zero attached hydrogens (tertiary/aromatic N) is 4. The van der Waals surface area contributed by atoms with Crippen molar-refractivity contribution in [1.82, 2.24) is 20.0 Å². The molecule has 1 unspecified atom stereocenters. The Labute approximate surface area is 203 Å². The largest absolute Gasteiger partial charge is 0.369 e. The number of thiophene rings is 1. The molecule has 0 aromatic carbocycles. The van der Waals surface area contributed by atoms with Gasteiger partial charge in [0.15, 0.2) is 0 Å². The number of nitrogens with two attached hydrogens (primary N) is 1. The zero-order valence-corrected chi connectivity index (χ0v) is 21.2. The SMILES string of the molecule is C=C/C=C\C=C(\C(=NCCCN(C)C)NCCN1CCN(C(=O)c2ccsc2)CC1)C(C)N. The molecule has 182 valence electrons. The average Bonchev–Trinajstić information content (AvgIpc) is 3.33. The van der Waals surface area contributed by atoms with Gasteiger partial charge in [-0.1, -0.05) is 30.9 Å². The van der Waals surface area contributed by atoms with Crippen molar-refractivity contribution in [3.63, 3.8) is 0 Å². The fourth-order valence-corrected chi connectivity index (χ4v) is 4.22. The normalized spacial score (nSPS) is 17.1. The monoisotopic (exact) mass is 472 g/mol. The number of rotatable bonds is 12. The predicted molar refractivity (Wildman–Crippen MR) is 141 cm³/mol. The van der Waals surface area contributed by atoms with Crippen LogP contribution >= 0.6 is 11.3 Å².